The standard InChI is InChI=1S/C13H21N3OS/c1-18-9-5-8-15-10-12(13(14)16-17)11-6-3-2-4-7-11/h2-4,6-7,12,15,17H,5,8-10H2,1H3,(H2,14,16). The lowest BCUT2D eigenvalue weighted by atomic mass is 9.98. The fraction of sp³-hybridized carbons (Fsp3) is 0.462. The van der Waals surface area contributed by atoms with Crippen molar-refractivity contribution in [2.45, 2.75) is 12.3 Å². The molecule has 0 radical (unpaired) electrons. The molecule has 1 aromatic rings. The van der Waals surface area contributed by atoms with Crippen LogP contribution in [0.4, 0.5) is 0 Å². The van der Waals surface area contributed by atoms with Crippen LogP contribution in [0.3, 0.4) is 0 Å². The zero-order chi connectivity index (χ0) is 13.2. The molecule has 0 heterocycles. The molecule has 1 unspecified atom stereocenters. The molecule has 0 saturated carbocycles. The Morgan fingerprint density at radius 3 is 2.78 bits per heavy atom. The van der Waals surface area contributed by atoms with E-state index in [1.165, 1.54) is 0 Å². The minimum atomic E-state index is -0.0783. The van der Waals surface area contributed by atoms with Crippen LogP contribution in [-0.2, 0) is 0 Å². The minimum absolute atomic E-state index is 0.0783. The quantitative estimate of drug-likeness (QED) is 0.221. The highest BCUT2D eigenvalue weighted by Crippen LogP contribution is 2.14. The average molecular weight is 267 g/mol. The predicted molar refractivity (Wildman–Crippen MR) is 78.5 cm³/mol. The van der Waals surface area contributed by atoms with Crippen LogP contribution in [-0.4, -0.2) is 36.1 Å². The molecule has 1 atom stereocenters. The number of nitrogens with one attached hydrogen (secondary N) is 1. The van der Waals surface area contributed by atoms with Gasteiger partial charge in [-0.25, -0.2) is 0 Å². The summed E-state index contributed by atoms with van der Waals surface area (Å²) in [6, 6.07) is 9.86. The molecule has 0 spiro atoms. The first kappa shape index (κ1) is 14.9. The van der Waals surface area contributed by atoms with Gasteiger partial charge in [0.25, 0.3) is 0 Å². The minimum Gasteiger partial charge on any atom is -0.409 e. The summed E-state index contributed by atoms with van der Waals surface area (Å²) >= 11 is 1.84. The lowest BCUT2D eigenvalue weighted by molar-refractivity contribution is 0.315. The molecule has 0 saturated heterocycles. The van der Waals surface area contributed by atoms with Crippen LogP contribution in [0.1, 0.15) is 17.9 Å². The zero-order valence-electron chi connectivity index (χ0n) is 10.7. The number of hydrogen-bond donors (Lipinski definition) is 3. The van der Waals surface area contributed by atoms with Crippen LogP contribution < -0.4 is 11.1 Å². The Labute approximate surface area is 113 Å². The third-order valence-electron chi connectivity index (χ3n) is 2.72. The molecule has 5 heteroatoms. The van der Waals surface area contributed by atoms with Crippen LogP contribution in [0.5, 0.6) is 0 Å². The second-order valence-electron chi connectivity index (χ2n) is 4.04. The molecule has 4 N–H and O–H groups in total. The van der Waals surface area contributed by atoms with Crippen LogP contribution >= 0.6 is 11.8 Å². The maximum atomic E-state index is 8.84. The third-order valence-corrected chi connectivity index (χ3v) is 3.42. The summed E-state index contributed by atoms with van der Waals surface area (Å²) in [6.07, 6.45) is 3.22. The van der Waals surface area contributed by atoms with Crippen molar-refractivity contribution in [3.63, 3.8) is 0 Å². The van der Waals surface area contributed by atoms with Gasteiger partial charge >= 0.3 is 0 Å². The Kier molecular flexibility index (Phi) is 7.29. The fourth-order valence-corrected chi connectivity index (χ4v) is 2.17. The van der Waals surface area contributed by atoms with Crippen molar-refractivity contribution in [3.8, 4) is 0 Å². The van der Waals surface area contributed by atoms with E-state index in [1.807, 2.05) is 42.1 Å². The first-order valence-corrected chi connectivity index (χ1v) is 7.41. The van der Waals surface area contributed by atoms with Crippen molar-refractivity contribution >= 4 is 17.6 Å². The van der Waals surface area contributed by atoms with Crippen molar-refractivity contribution in [2.24, 2.45) is 10.9 Å². The highest BCUT2D eigenvalue weighted by Gasteiger charge is 2.15. The number of benzene rings is 1. The third kappa shape index (κ3) is 4.98. The Balaban J connectivity index is 2.53. The number of nitrogens with two attached hydrogens (primary N) is 1. The number of hydrogen-bond acceptors (Lipinski definition) is 4. The molecule has 0 aliphatic heterocycles. The van der Waals surface area contributed by atoms with Gasteiger partial charge in [-0.3, -0.25) is 0 Å². The van der Waals surface area contributed by atoms with E-state index in [2.05, 4.69) is 16.7 Å². The van der Waals surface area contributed by atoms with E-state index in [-0.39, 0.29) is 11.8 Å². The van der Waals surface area contributed by atoms with Crippen LogP contribution in [0.15, 0.2) is 35.5 Å². The highest BCUT2D eigenvalue weighted by atomic mass is 32.2. The molecular formula is C13H21N3OS. The molecule has 0 aliphatic carbocycles. The monoisotopic (exact) mass is 267 g/mol. The second kappa shape index (κ2) is 8.83. The van der Waals surface area contributed by atoms with E-state index in [0.29, 0.717) is 6.54 Å². The molecule has 100 valence electrons. The summed E-state index contributed by atoms with van der Waals surface area (Å²) in [4.78, 5) is 0. The normalized spacial score (nSPS) is 13.5. The molecule has 1 aromatic carbocycles. The lowest BCUT2D eigenvalue weighted by Crippen LogP contribution is -2.32. The zero-order valence-corrected chi connectivity index (χ0v) is 11.5. The van der Waals surface area contributed by atoms with Gasteiger partial charge in [0.2, 0.25) is 0 Å². The van der Waals surface area contributed by atoms with Gasteiger partial charge in [0.1, 0.15) is 5.84 Å². The summed E-state index contributed by atoms with van der Waals surface area (Å²) in [5, 5.41) is 15.3. The first-order valence-electron chi connectivity index (χ1n) is 6.01. The average Bonchev–Trinajstić information content (AvgIpc) is 2.43. The van der Waals surface area contributed by atoms with Crippen LogP contribution in [0.25, 0.3) is 0 Å². The maximum Gasteiger partial charge on any atom is 0.147 e. The SMILES string of the molecule is CSCCCNCC(C(N)=NO)c1ccccc1. The Hall–Kier alpha value is -1.20. The van der Waals surface area contributed by atoms with Crippen LogP contribution in [0.2, 0.25) is 0 Å². The van der Waals surface area contributed by atoms with Crippen molar-refractivity contribution in [1.82, 2.24) is 5.32 Å². The van der Waals surface area contributed by atoms with Gasteiger partial charge in [0.15, 0.2) is 0 Å². The summed E-state index contributed by atoms with van der Waals surface area (Å²) in [6.45, 7) is 1.64. The number of nitrogens with zero attached hydrogens (tertiary/aromatic N) is 1. The van der Waals surface area contributed by atoms with Crippen molar-refractivity contribution in [1.29, 1.82) is 0 Å². The first-order chi connectivity index (χ1) is 8.79. The molecule has 0 fully saturated rings. The largest absolute Gasteiger partial charge is 0.409 e. The Bertz CT molecular complexity index is 357. The maximum absolute atomic E-state index is 8.84. The van der Waals surface area contributed by atoms with Gasteiger partial charge in [-0.1, -0.05) is 35.5 Å². The fourth-order valence-electron chi connectivity index (χ4n) is 1.74. The predicted octanol–water partition coefficient (Wildman–Crippen LogP) is 1.86. The van der Waals surface area contributed by atoms with Crippen molar-refractivity contribution < 1.29 is 5.21 Å². The molecule has 1 rings (SSSR count). The van der Waals surface area contributed by atoms with E-state index >= 15 is 0 Å². The van der Waals surface area contributed by atoms with Gasteiger partial charge in [-0.15, -0.1) is 0 Å². The summed E-state index contributed by atoms with van der Waals surface area (Å²) in [5.74, 6) is 1.32. The smallest absolute Gasteiger partial charge is 0.147 e. The summed E-state index contributed by atoms with van der Waals surface area (Å²) in [5.41, 5.74) is 6.81. The van der Waals surface area contributed by atoms with Crippen molar-refractivity contribution in [2.75, 3.05) is 25.1 Å². The molecule has 0 bridgehead atoms. The van der Waals surface area contributed by atoms with E-state index in [9.17, 15) is 0 Å². The van der Waals surface area contributed by atoms with E-state index < -0.39 is 0 Å². The van der Waals surface area contributed by atoms with Gasteiger partial charge < -0.3 is 16.3 Å². The summed E-state index contributed by atoms with van der Waals surface area (Å²) in [7, 11) is 0. The molecule has 18 heavy (non-hydrogen) atoms. The van der Waals surface area contributed by atoms with Gasteiger partial charge in [0, 0.05) is 6.54 Å². The van der Waals surface area contributed by atoms with Crippen LogP contribution in [0, 0.1) is 0 Å². The highest BCUT2D eigenvalue weighted by molar-refractivity contribution is 7.98. The number of oxime groups is 1. The van der Waals surface area contributed by atoms with Gasteiger partial charge in [0.05, 0.1) is 5.92 Å². The van der Waals surface area contributed by atoms with E-state index in [0.717, 1.165) is 24.3 Å². The number of rotatable bonds is 8. The summed E-state index contributed by atoms with van der Waals surface area (Å²) < 4.78 is 0. The van der Waals surface area contributed by atoms with Gasteiger partial charge in [-0.05, 0) is 30.5 Å². The topological polar surface area (TPSA) is 70.6 Å². The molecular weight excluding hydrogens is 246 g/mol. The Morgan fingerprint density at radius 2 is 2.17 bits per heavy atom. The molecule has 0 aromatic heterocycles. The number of amidine groups is 1. The van der Waals surface area contributed by atoms with E-state index in [4.69, 9.17) is 10.9 Å². The van der Waals surface area contributed by atoms with Gasteiger partial charge in [-0.2, -0.15) is 11.8 Å². The Morgan fingerprint density at radius 1 is 1.44 bits per heavy atom. The van der Waals surface area contributed by atoms with E-state index in [1.54, 1.807) is 0 Å². The molecule has 0 amide bonds. The lowest BCUT2D eigenvalue weighted by Gasteiger charge is -2.16. The molecule has 4 nitrogen and oxygen atoms in total. The second-order valence-corrected chi connectivity index (χ2v) is 5.02. The molecule has 0 aliphatic rings. The van der Waals surface area contributed by atoms with Crippen molar-refractivity contribution in [3.05, 3.63) is 35.9 Å². The number of thioether (sulfide) groups is 1.